The Morgan fingerprint density at radius 3 is 2.73 bits per heavy atom. The van der Waals surface area contributed by atoms with Gasteiger partial charge in [0.2, 0.25) is 0 Å². The third kappa shape index (κ3) is 1.80. The standard InChI is InChI=1S/C9H12N2/c1-7-3-4-8(6-11-2)9(10)5-7/h3-6,10-11H,1-2H3/b8-6-,10-9?. The van der Waals surface area contributed by atoms with Gasteiger partial charge in [-0.15, -0.1) is 0 Å². The molecule has 0 aliphatic heterocycles. The SMILES string of the molecule is CN/C=C1/C=CC(C)=CC1=N. The largest absolute Gasteiger partial charge is 0.393 e. The van der Waals surface area contributed by atoms with Crippen LogP contribution in [0.25, 0.3) is 0 Å². The number of hydrogen-bond acceptors (Lipinski definition) is 2. The predicted octanol–water partition coefficient (Wildman–Crippen LogP) is 1.63. The number of rotatable bonds is 1. The fourth-order valence-corrected chi connectivity index (χ4v) is 0.951. The minimum absolute atomic E-state index is 0.569. The van der Waals surface area contributed by atoms with E-state index >= 15 is 0 Å². The molecule has 0 amide bonds. The minimum Gasteiger partial charge on any atom is -0.393 e. The first kappa shape index (κ1) is 7.79. The van der Waals surface area contributed by atoms with E-state index in [2.05, 4.69) is 5.32 Å². The van der Waals surface area contributed by atoms with Crippen molar-refractivity contribution in [2.45, 2.75) is 6.92 Å². The zero-order chi connectivity index (χ0) is 8.27. The zero-order valence-electron chi connectivity index (χ0n) is 6.81. The second-order valence-electron chi connectivity index (χ2n) is 2.52. The lowest BCUT2D eigenvalue weighted by Crippen LogP contribution is -2.04. The van der Waals surface area contributed by atoms with Gasteiger partial charge in [-0.1, -0.05) is 12.2 Å². The van der Waals surface area contributed by atoms with E-state index in [9.17, 15) is 0 Å². The zero-order valence-corrected chi connectivity index (χ0v) is 6.81. The van der Waals surface area contributed by atoms with Crippen molar-refractivity contribution >= 4 is 5.71 Å². The molecule has 11 heavy (non-hydrogen) atoms. The summed E-state index contributed by atoms with van der Waals surface area (Å²) in [6, 6.07) is 0. The van der Waals surface area contributed by atoms with Gasteiger partial charge in [0.1, 0.15) is 0 Å². The summed E-state index contributed by atoms with van der Waals surface area (Å²) < 4.78 is 0. The van der Waals surface area contributed by atoms with Crippen LogP contribution in [0.3, 0.4) is 0 Å². The Morgan fingerprint density at radius 2 is 2.18 bits per heavy atom. The van der Waals surface area contributed by atoms with Crippen molar-refractivity contribution in [1.29, 1.82) is 5.41 Å². The molecule has 0 fully saturated rings. The molecular formula is C9H12N2. The van der Waals surface area contributed by atoms with Crippen LogP contribution in [0, 0.1) is 5.41 Å². The van der Waals surface area contributed by atoms with E-state index in [1.807, 2.05) is 38.4 Å². The molecule has 0 spiro atoms. The van der Waals surface area contributed by atoms with E-state index in [0.717, 1.165) is 11.1 Å². The van der Waals surface area contributed by atoms with Crippen molar-refractivity contribution < 1.29 is 0 Å². The number of allylic oxidation sites excluding steroid dienone is 5. The van der Waals surface area contributed by atoms with Gasteiger partial charge >= 0.3 is 0 Å². The van der Waals surface area contributed by atoms with Crippen LogP contribution in [-0.2, 0) is 0 Å². The van der Waals surface area contributed by atoms with Crippen molar-refractivity contribution in [3.05, 3.63) is 35.6 Å². The maximum absolute atomic E-state index is 7.54. The summed E-state index contributed by atoms with van der Waals surface area (Å²) in [4.78, 5) is 0. The topological polar surface area (TPSA) is 35.9 Å². The van der Waals surface area contributed by atoms with E-state index in [-0.39, 0.29) is 0 Å². The molecule has 0 bridgehead atoms. The highest BCUT2D eigenvalue weighted by atomic mass is 14.8. The molecule has 0 saturated carbocycles. The lowest BCUT2D eigenvalue weighted by molar-refractivity contribution is 1.09. The van der Waals surface area contributed by atoms with Gasteiger partial charge < -0.3 is 10.7 Å². The van der Waals surface area contributed by atoms with Gasteiger partial charge in [-0.25, -0.2) is 0 Å². The van der Waals surface area contributed by atoms with E-state index < -0.39 is 0 Å². The molecule has 0 unspecified atom stereocenters. The highest BCUT2D eigenvalue weighted by molar-refractivity contribution is 6.09. The average molecular weight is 148 g/mol. The fourth-order valence-electron chi connectivity index (χ4n) is 0.951. The van der Waals surface area contributed by atoms with Gasteiger partial charge in [-0.2, -0.15) is 0 Å². The van der Waals surface area contributed by atoms with Crippen molar-refractivity contribution in [2.75, 3.05) is 7.05 Å². The molecule has 0 saturated heterocycles. The molecule has 1 aliphatic rings. The van der Waals surface area contributed by atoms with Crippen LogP contribution in [0.1, 0.15) is 6.92 Å². The van der Waals surface area contributed by atoms with Crippen LogP contribution in [0.15, 0.2) is 35.6 Å². The molecule has 2 heteroatoms. The molecule has 58 valence electrons. The fraction of sp³-hybridized carbons (Fsp3) is 0.222. The van der Waals surface area contributed by atoms with Gasteiger partial charge in [0, 0.05) is 18.8 Å². The highest BCUT2D eigenvalue weighted by Crippen LogP contribution is 2.10. The van der Waals surface area contributed by atoms with Crippen molar-refractivity contribution in [3.8, 4) is 0 Å². The molecule has 0 aromatic heterocycles. The van der Waals surface area contributed by atoms with Crippen molar-refractivity contribution in [2.24, 2.45) is 0 Å². The highest BCUT2D eigenvalue weighted by Gasteiger charge is 2.02. The molecule has 0 atom stereocenters. The molecule has 2 N–H and O–H groups in total. The Morgan fingerprint density at radius 1 is 1.45 bits per heavy atom. The molecule has 1 rings (SSSR count). The number of nitrogens with one attached hydrogen (secondary N) is 2. The predicted molar refractivity (Wildman–Crippen MR) is 47.8 cm³/mol. The normalized spacial score (nSPS) is 20.4. The van der Waals surface area contributed by atoms with E-state index in [0.29, 0.717) is 5.71 Å². The Hall–Kier alpha value is -1.31. The molecule has 0 aromatic carbocycles. The van der Waals surface area contributed by atoms with Crippen LogP contribution in [0.5, 0.6) is 0 Å². The molecule has 1 aliphatic carbocycles. The third-order valence-corrected chi connectivity index (χ3v) is 1.51. The Kier molecular flexibility index (Phi) is 2.26. The third-order valence-electron chi connectivity index (χ3n) is 1.51. The molecular weight excluding hydrogens is 136 g/mol. The smallest absolute Gasteiger partial charge is 0.0629 e. The maximum atomic E-state index is 7.54. The van der Waals surface area contributed by atoms with Crippen LogP contribution in [-0.4, -0.2) is 12.8 Å². The molecule has 0 radical (unpaired) electrons. The quantitative estimate of drug-likeness (QED) is 0.582. The summed E-state index contributed by atoms with van der Waals surface area (Å²) >= 11 is 0. The monoisotopic (exact) mass is 148 g/mol. The lowest BCUT2D eigenvalue weighted by Gasteiger charge is -2.06. The van der Waals surface area contributed by atoms with Gasteiger partial charge in [-0.3, -0.25) is 0 Å². The van der Waals surface area contributed by atoms with E-state index in [4.69, 9.17) is 5.41 Å². The first-order chi connectivity index (χ1) is 5.24. The second kappa shape index (κ2) is 3.19. The summed E-state index contributed by atoms with van der Waals surface area (Å²) in [5.41, 5.74) is 2.63. The van der Waals surface area contributed by atoms with Crippen LogP contribution < -0.4 is 5.32 Å². The first-order valence-electron chi connectivity index (χ1n) is 3.57. The van der Waals surface area contributed by atoms with Crippen molar-refractivity contribution in [3.63, 3.8) is 0 Å². The van der Waals surface area contributed by atoms with Crippen LogP contribution >= 0.6 is 0 Å². The Bertz CT molecular complexity index is 257. The average Bonchev–Trinajstić information content (AvgIpc) is 1.95. The van der Waals surface area contributed by atoms with Gasteiger partial charge in [0.15, 0.2) is 0 Å². The Labute approximate surface area is 66.8 Å². The molecule has 0 aromatic rings. The summed E-state index contributed by atoms with van der Waals surface area (Å²) in [6.45, 7) is 1.99. The Balaban J connectivity index is 2.86. The molecule has 0 heterocycles. The summed E-state index contributed by atoms with van der Waals surface area (Å²) in [7, 11) is 1.83. The number of hydrogen-bond donors (Lipinski definition) is 2. The van der Waals surface area contributed by atoms with Crippen LogP contribution in [0.2, 0.25) is 0 Å². The van der Waals surface area contributed by atoms with Gasteiger partial charge in [-0.05, 0) is 18.6 Å². The summed E-state index contributed by atoms with van der Waals surface area (Å²) in [5.74, 6) is 0. The maximum Gasteiger partial charge on any atom is 0.0629 e. The van der Waals surface area contributed by atoms with E-state index in [1.54, 1.807) is 0 Å². The van der Waals surface area contributed by atoms with Gasteiger partial charge in [0.05, 0.1) is 5.71 Å². The summed E-state index contributed by atoms with van der Waals surface area (Å²) in [6.07, 6.45) is 7.61. The second-order valence-corrected chi connectivity index (χ2v) is 2.52. The van der Waals surface area contributed by atoms with Gasteiger partial charge in [0.25, 0.3) is 0 Å². The lowest BCUT2D eigenvalue weighted by atomic mass is 10.0. The van der Waals surface area contributed by atoms with Crippen molar-refractivity contribution in [1.82, 2.24) is 5.32 Å². The first-order valence-corrected chi connectivity index (χ1v) is 3.57. The molecule has 2 nitrogen and oxygen atoms in total. The van der Waals surface area contributed by atoms with Crippen LogP contribution in [0.4, 0.5) is 0 Å². The van der Waals surface area contributed by atoms with E-state index in [1.165, 1.54) is 0 Å². The summed E-state index contributed by atoms with van der Waals surface area (Å²) in [5, 5.41) is 10.4. The minimum atomic E-state index is 0.569.